The van der Waals surface area contributed by atoms with Crippen LogP contribution in [0.2, 0.25) is 0 Å². The molecular weight excluding hydrogens is 408 g/mol. The van der Waals surface area contributed by atoms with E-state index in [4.69, 9.17) is 0 Å². The number of aromatic nitrogens is 3. The molecule has 1 aliphatic heterocycles. The number of H-pyrrole nitrogens is 1. The number of benzene rings is 2. The van der Waals surface area contributed by atoms with Gasteiger partial charge in [0.1, 0.15) is 5.82 Å². The largest absolute Gasteiger partial charge is 0.339 e. The van der Waals surface area contributed by atoms with Gasteiger partial charge in [-0.1, -0.05) is 36.2 Å². The van der Waals surface area contributed by atoms with Crippen molar-refractivity contribution >= 4 is 5.91 Å². The molecule has 1 N–H and O–H groups in total. The number of rotatable bonds is 4. The molecule has 2 aromatic carbocycles. The zero-order valence-corrected chi connectivity index (χ0v) is 20.2. The molecule has 0 atom stereocenters. The Morgan fingerprint density at radius 2 is 1.64 bits per heavy atom. The molecule has 33 heavy (non-hydrogen) atoms. The van der Waals surface area contributed by atoms with E-state index in [0.29, 0.717) is 17.7 Å². The molecule has 0 radical (unpaired) electrons. The molecule has 0 bridgehead atoms. The second kappa shape index (κ2) is 8.77. The summed E-state index contributed by atoms with van der Waals surface area (Å²) in [5, 5.41) is 7.39. The fourth-order valence-electron chi connectivity index (χ4n) is 5.52. The maximum atomic E-state index is 13.6. The quantitative estimate of drug-likeness (QED) is 0.540. The number of likely N-dealkylation sites (tertiary alicyclic amines) is 1. The molecule has 3 aromatic rings. The molecule has 5 nitrogen and oxygen atoms in total. The molecule has 172 valence electrons. The number of nitrogens with zero attached hydrogens (tertiary/aromatic N) is 3. The fourth-order valence-corrected chi connectivity index (χ4v) is 5.52. The standard InChI is InChI=1S/C28H34N4O/c1-17-8-9-23(18(2)14-17)22-10-12-32(13-11-22)28(33)24-16-26(27-29-20(4)30-31-27)25(15-19(24)3)21-6-5-7-21/h8-9,14-16,21-22H,5-7,10-13H2,1-4H3,(H,29,30,31). The zero-order chi connectivity index (χ0) is 23.1. The van der Waals surface area contributed by atoms with E-state index >= 15 is 0 Å². The predicted octanol–water partition coefficient (Wildman–Crippen LogP) is 5.99. The fraction of sp³-hybridized carbons (Fsp3) is 0.464. The molecule has 5 rings (SSSR count). The number of carbonyl (C=O) groups is 1. The number of piperidine rings is 1. The zero-order valence-electron chi connectivity index (χ0n) is 20.2. The van der Waals surface area contributed by atoms with Gasteiger partial charge in [0.25, 0.3) is 5.91 Å². The van der Waals surface area contributed by atoms with Crippen molar-refractivity contribution in [2.45, 2.75) is 71.6 Å². The van der Waals surface area contributed by atoms with Crippen molar-refractivity contribution < 1.29 is 4.79 Å². The number of hydrogen-bond acceptors (Lipinski definition) is 3. The van der Waals surface area contributed by atoms with Crippen LogP contribution in [0.4, 0.5) is 0 Å². The summed E-state index contributed by atoms with van der Waals surface area (Å²) in [7, 11) is 0. The summed E-state index contributed by atoms with van der Waals surface area (Å²) >= 11 is 0. The van der Waals surface area contributed by atoms with Crippen LogP contribution in [0, 0.1) is 27.7 Å². The Kier molecular flexibility index (Phi) is 5.81. The molecule has 5 heteroatoms. The lowest BCUT2D eigenvalue weighted by atomic mass is 9.77. The molecule has 2 fully saturated rings. The van der Waals surface area contributed by atoms with Gasteiger partial charge in [-0.25, -0.2) is 4.98 Å². The first-order valence-electron chi connectivity index (χ1n) is 12.3. The lowest BCUT2D eigenvalue weighted by Crippen LogP contribution is -2.38. The van der Waals surface area contributed by atoms with Crippen molar-refractivity contribution in [2.24, 2.45) is 0 Å². The van der Waals surface area contributed by atoms with E-state index in [0.717, 1.165) is 48.4 Å². The Balaban J connectivity index is 1.38. The Morgan fingerprint density at radius 1 is 0.909 bits per heavy atom. The third-order valence-electron chi connectivity index (χ3n) is 7.66. The van der Waals surface area contributed by atoms with Gasteiger partial charge >= 0.3 is 0 Å². The molecule has 1 amide bonds. The average Bonchev–Trinajstić information content (AvgIpc) is 3.18. The van der Waals surface area contributed by atoms with Crippen molar-refractivity contribution in [3.8, 4) is 11.4 Å². The maximum absolute atomic E-state index is 13.6. The van der Waals surface area contributed by atoms with Gasteiger partial charge in [-0.3, -0.25) is 9.89 Å². The van der Waals surface area contributed by atoms with Gasteiger partial charge in [-0.15, -0.1) is 0 Å². The molecule has 1 saturated heterocycles. The average molecular weight is 443 g/mol. The van der Waals surface area contributed by atoms with Gasteiger partial charge in [0.15, 0.2) is 5.82 Å². The molecule has 0 unspecified atom stereocenters. The van der Waals surface area contributed by atoms with Crippen molar-refractivity contribution in [2.75, 3.05) is 13.1 Å². The van der Waals surface area contributed by atoms with Crippen LogP contribution in [0.1, 0.15) is 87.9 Å². The van der Waals surface area contributed by atoms with E-state index < -0.39 is 0 Å². The SMILES string of the molecule is Cc1ccc(C2CCN(C(=O)c3cc(-c4n[nH]c(C)n4)c(C4CCC4)cc3C)CC2)c(C)c1. The summed E-state index contributed by atoms with van der Waals surface area (Å²) in [5.74, 6) is 2.72. The highest BCUT2D eigenvalue weighted by molar-refractivity contribution is 5.97. The van der Waals surface area contributed by atoms with Crippen molar-refractivity contribution in [3.05, 3.63) is 69.5 Å². The minimum Gasteiger partial charge on any atom is -0.339 e. The van der Waals surface area contributed by atoms with Gasteiger partial charge in [0.2, 0.25) is 0 Å². The van der Waals surface area contributed by atoms with E-state index in [-0.39, 0.29) is 5.91 Å². The number of aromatic amines is 1. The minimum atomic E-state index is 0.139. The first kappa shape index (κ1) is 21.9. The van der Waals surface area contributed by atoms with Crippen LogP contribution in [0.3, 0.4) is 0 Å². The van der Waals surface area contributed by atoms with Crippen LogP contribution < -0.4 is 0 Å². The maximum Gasteiger partial charge on any atom is 0.254 e. The number of carbonyl (C=O) groups excluding carboxylic acids is 1. The van der Waals surface area contributed by atoms with Crippen molar-refractivity contribution in [1.82, 2.24) is 20.1 Å². The van der Waals surface area contributed by atoms with E-state index in [1.165, 1.54) is 41.5 Å². The van der Waals surface area contributed by atoms with Gasteiger partial charge in [0, 0.05) is 24.2 Å². The van der Waals surface area contributed by atoms with Crippen LogP contribution in [-0.4, -0.2) is 39.1 Å². The summed E-state index contributed by atoms with van der Waals surface area (Å²) in [4.78, 5) is 20.2. The topological polar surface area (TPSA) is 61.9 Å². The number of nitrogens with one attached hydrogen (secondary N) is 1. The first-order chi connectivity index (χ1) is 15.9. The predicted molar refractivity (Wildman–Crippen MR) is 132 cm³/mol. The van der Waals surface area contributed by atoms with Crippen molar-refractivity contribution in [3.63, 3.8) is 0 Å². The Bertz CT molecular complexity index is 1180. The third-order valence-corrected chi connectivity index (χ3v) is 7.66. The highest BCUT2D eigenvalue weighted by atomic mass is 16.2. The summed E-state index contributed by atoms with van der Waals surface area (Å²) in [6, 6.07) is 11.0. The lowest BCUT2D eigenvalue weighted by Gasteiger charge is -2.34. The first-order valence-corrected chi connectivity index (χ1v) is 12.3. The van der Waals surface area contributed by atoms with Crippen molar-refractivity contribution in [1.29, 1.82) is 0 Å². The molecule has 1 aliphatic carbocycles. The Labute approximate surface area is 196 Å². The molecule has 1 saturated carbocycles. The van der Waals surface area contributed by atoms with Crippen LogP contribution in [-0.2, 0) is 0 Å². The van der Waals surface area contributed by atoms with E-state index in [1.807, 2.05) is 11.8 Å². The number of amides is 1. The second-order valence-electron chi connectivity index (χ2n) is 10.1. The van der Waals surface area contributed by atoms with Crippen LogP contribution >= 0.6 is 0 Å². The Morgan fingerprint density at radius 3 is 2.24 bits per heavy atom. The second-order valence-corrected chi connectivity index (χ2v) is 10.1. The number of aryl methyl sites for hydroxylation is 4. The Hall–Kier alpha value is -2.95. The van der Waals surface area contributed by atoms with Crippen LogP contribution in [0.5, 0.6) is 0 Å². The minimum absolute atomic E-state index is 0.139. The van der Waals surface area contributed by atoms with E-state index in [1.54, 1.807) is 0 Å². The van der Waals surface area contributed by atoms with Gasteiger partial charge < -0.3 is 4.90 Å². The van der Waals surface area contributed by atoms with Gasteiger partial charge in [-0.05, 0) is 93.5 Å². The van der Waals surface area contributed by atoms with E-state index in [9.17, 15) is 4.79 Å². The molecule has 0 spiro atoms. The summed E-state index contributed by atoms with van der Waals surface area (Å²) < 4.78 is 0. The van der Waals surface area contributed by atoms with Gasteiger partial charge in [0.05, 0.1) is 0 Å². The molecule has 2 heterocycles. The summed E-state index contributed by atoms with van der Waals surface area (Å²) in [5.41, 5.74) is 8.28. The lowest BCUT2D eigenvalue weighted by molar-refractivity contribution is 0.0712. The smallest absolute Gasteiger partial charge is 0.254 e. The number of hydrogen-bond donors (Lipinski definition) is 1. The van der Waals surface area contributed by atoms with E-state index in [2.05, 4.69) is 66.3 Å². The summed E-state index contributed by atoms with van der Waals surface area (Å²) in [6.45, 7) is 9.94. The third kappa shape index (κ3) is 4.21. The molecule has 2 aliphatic rings. The highest BCUT2D eigenvalue weighted by Gasteiger charge is 2.29. The monoisotopic (exact) mass is 442 g/mol. The van der Waals surface area contributed by atoms with Crippen LogP contribution in [0.25, 0.3) is 11.4 Å². The highest BCUT2D eigenvalue weighted by Crippen LogP contribution is 2.42. The molecule has 1 aromatic heterocycles. The summed E-state index contributed by atoms with van der Waals surface area (Å²) in [6.07, 6.45) is 5.71. The normalized spacial score (nSPS) is 17.3. The van der Waals surface area contributed by atoms with Gasteiger partial charge in [-0.2, -0.15) is 5.10 Å². The van der Waals surface area contributed by atoms with Crippen LogP contribution in [0.15, 0.2) is 30.3 Å². The molecular formula is C28H34N4O.